The van der Waals surface area contributed by atoms with Crippen LogP contribution in [0.5, 0.6) is 0 Å². The fourth-order valence-electron chi connectivity index (χ4n) is 2.91. The maximum Gasteiger partial charge on any atom is 0.107 e. The zero-order valence-electron chi connectivity index (χ0n) is 10.5. The van der Waals surface area contributed by atoms with E-state index in [-0.39, 0.29) is 12.0 Å². The number of rotatable bonds is 2. The first-order valence-corrected chi connectivity index (χ1v) is 6.65. The van der Waals surface area contributed by atoms with Crippen LogP contribution in [0.25, 0.3) is 0 Å². The van der Waals surface area contributed by atoms with Crippen LogP contribution in [-0.2, 0) is 4.74 Å². The third kappa shape index (κ3) is 2.95. The maximum absolute atomic E-state index is 13.6. The Morgan fingerprint density at radius 1 is 1.31 bits per heavy atom. The molecule has 94 valence electrons. The summed E-state index contributed by atoms with van der Waals surface area (Å²) in [4.78, 5) is 2.45. The van der Waals surface area contributed by atoms with Crippen LogP contribution in [0.1, 0.15) is 33.1 Å². The van der Waals surface area contributed by atoms with Gasteiger partial charge in [0.25, 0.3) is 0 Å². The van der Waals surface area contributed by atoms with Gasteiger partial charge in [-0.3, -0.25) is 0 Å². The summed E-state index contributed by atoms with van der Waals surface area (Å²) in [6.07, 6.45) is 2.63. The van der Waals surface area contributed by atoms with E-state index >= 15 is 0 Å². The summed E-state index contributed by atoms with van der Waals surface area (Å²) in [5.41, 5.74) is 0. The van der Waals surface area contributed by atoms with Crippen LogP contribution >= 0.6 is 0 Å². The summed E-state index contributed by atoms with van der Waals surface area (Å²) in [6.45, 7) is 8.13. The van der Waals surface area contributed by atoms with Crippen molar-refractivity contribution < 1.29 is 9.13 Å². The monoisotopic (exact) mass is 229 g/mol. The van der Waals surface area contributed by atoms with E-state index in [0.717, 1.165) is 25.6 Å². The van der Waals surface area contributed by atoms with Crippen molar-refractivity contribution in [1.82, 2.24) is 4.90 Å². The van der Waals surface area contributed by atoms with Gasteiger partial charge >= 0.3 is 0 Å². The molecule has 3 heteroatoms. The number of halogens is 1. The standard InChI is InChI=1S/C13H24FNO/c1-10-4-3-6-15(8-10)9-13-11(2)12(14)5-7-16-13/h10-13H,3-9H2,1-2H3/t10-,11-,12-,13-/m0/s1. The van der Waals surface area contributed by atoms with Crippen LogP contribution in [0.2, 0.25) is 0 Å². The van der Waals surface area contributed by atoms with Crippen molar-refractivity contribution in [3.8, 4) is 0 Å². The molecule has 0 radical (unpaired) electrons. The van der Waals surface area contributed by atoms with E-state index in [9.17, 15) is 4.39 Å². The van der Waals surface area contributed by atoms with Crippen molar-refractivity contribution in [3.63, 3.8) is 0 Å². The van der Waals surface area contributed by atoms with Gasteiger partial charge in [-0.2, -0.15) is 0 Å². The Hall–Kier alpha value is -0.150. The number of nitrogens with zero attached hydrogens (tertiary/aromatic N) is 1. The molecule has 16 heavy (non-hydrogen) atoms. The van der Waals surface area contributed by atoms with E-state index in [1.54, 1.807) is 0 Å². The third-order valence-corrected chi connectivity index (χ3v) is 4.06. The molecule has 0 aromatic rings. The van der Waals surface area contributed by atoms with Crippen LogP contribution in [0, 0.1) is 11.8 Å². The highest BCUT2D eigenvalue weighted by Crippen LogP contribution is 2.25. The molecule has 2 aliphatic rings. The molecular formula is C13H24FNO. The summed E-state index contributed by atoms with van der Waals surface area (Å²) >= 11 is 0. The molecule has 2 fully saturated rings. The molecule has 4 atom stereocenters. The number of hydrogen-bond donors (Lipinski definition) is 0. The average Bonchev–Trinajstić information content (AvgIpc) is 2.25. The highest BCUT2D eigenvalue weighted by atomic mass is 19.1. The lowest BCUT2D eigenvalue weighted by atomic mass is 9.93. The molecule has 0 aromatic heterocycles. The minimum Gasteiger partial charge on any atom is -0.376 e. The van der Waals surface area contributed by atoms with Crippen molar-refractivity contribution in [2.75, 3.05) is 26.2 Å². The molecule has 0 bridgehead atoms. The number of piperidine rings is 1. The molecule has 2 rings (SSSR count). The van der Waals surface area contributed by atoms with Crippen molar-refractivity contribution in [1.29, 1.82) is 0 Å². The molecule has 2 aliphatic heterocycles. The summed E-state index contributed by atoms with van der Waals surface area (Å²) in [7, 11) is 0. The minimum absolute atomic E-state index is 0.0611. The van der Waals surface area contributed by atoms with Gasteiger partial charge in [0.1, 0.15) is 6.17 Å². The van der Waals surface area contributed by atoms with Crippen molar-refractivity contribution in [2.45, 2.75) is 45.4 Å². The second-order valence-corrected chi connectivity index (χ2v) is 5.58. The van der Waals surface area contributed by atoms with Crippen LogP contribution in [-0.4, -0.2) is 43.4 Å². The molecule has 2 heterocycles. The van der Waals surface area contributed by atoms with Gasteiger partial charge in [0.2, 0.25) is 0 Å². The molecule has 0 saturated carbocycles. The second kappa shape index (κ2) is 5.46. The Bertz CT molecular complexity index is 224. The molecule has 0 aliphatic carbocycles. The zero-order chi connectivity index (χ0) is 11.5. The van der Waals surface area contributed by atoms with Crippen molar-refractivity contribution in [3.05, 3.63) is 0 Å². The lowest BCUT2D eigenvalue weighted by Gasteiger charge is -2.38. The quantitative estimate of drug-likeness (QED) is 0.721. The molecule has 0 amide bonds. The topological polar surface area (TPSA) is 12.5 Å². The van der Waals surface area contributed by atoms with E-state index in [4.69, 9.17) is 4.74 Å². The van der Waals surface area contributed by atoms with E-state index < -0.39 is 6.17 Å². The Balaban J connectivity index is 1.83. The minimum atomic E-state index is -0.666. The average molecular weight is 229 g/mol. The number of hydrogen-bond acceptors (Lipinski definition) is 2. The molecule has 0 aromatic carbocycles. The predicted molar refractivity (Wildman–Crippen MR) is 63.3 cm³/mol. The van der Waals surface area contributed by atoms with E-state index in [0.29, 0.717) is 13.0 Å². The largest absolute Gasteiger partial charge is 0.376 e. The normalized spacial score (nSPS) is 42.2. The Labute approximate surface area is 98.1 Å². The maximum atomic E-state index is 13.6. The van der Waals surface area contributed by atoms with E-state index in [1.807, 2.05) is 6.92 Å². The van der Waals surface area contributed by atoms with Crippen molar-refractivity contribution >= 4 is 0 Å². The Morgan fingerprint density at radius 2 is 2.12 bits per heavy atom. The fourth-order valence-corrected chi connectivity index (χ4v) is 2.91. The Kier molecular flexibility index (Phi) is 4.20. The first kappa shape index (κ1) is 12.3. The van der Waals surface area contributed by atoms with Gasteiger partial charge in [0.15, 0.2) is 0 Å². The van der Waals surface area contributed by atoms with Gasteiger partial charge in [0, 0.05) is 32.0 Å². The summed E-state index contributed by atoms with van der Waals surface area (Å²) in [6, 6.07) is 0. The van der Waals surface area contributed by atoms with Gasteiger partial charge < -0.3 is 9.64 Å². The number of likely N-dealkylation sites (tertiary alicyclic amines) is 1. The lowest BCUT2D eigenvalue weighted by molar-refractivity contribution is -0.0755. The third-order valence-electron chi connectivity index (χ3n) is 4.06. The summed E-state index contributed by atoms with van der Waals surface area (Å²) in [5, 5.41) is 0. The van der Waals surface area contributed by atoms with Gasteiger partial charge in [-0.25, -0.2) is 4.39 Å². The highest BCUT2D eigenvalue weighted by Gasteiger charge is 2.32. The number of ether oxygens (including phenoxy) is 1. The summed E-state index contributed by atoms with van der Waals surface area (Å²) < 4.78 is 19.3. The number of alkyl halides is 1. The van der Waals surface area contributed by atoms with Crippen LogP contribution in [0.15, 0.2) is 0 Å². The van der Waals surface area contributed by atoms with Crippen LogP contribution in [0.3, 0.4) is 0 Å². The Morgan fingerprint density at radius 3 is 2.88 bits per heavy atom. The predicted octanol–water partition coefficient (Wildman–Crippen LogP) is 2.48. The first-order chi connectivity index (χ1) is 7.66. The molecule has 0 N–H and O–H groups in total. The lowest BCUT2D eigenvalue weighted by Crippen LogP contribution is -2.46. The smallest absolute Gasteiger partial charge is 0.107 e. The highest BCUT2D eigenvalue weighted by molar-refractivity contribution is 4.82. The summed E-state index contributed by atoms with van der Waals surface area (Å²) in [5.74, 6) is 0.847. The first-order valence-electron chi connectivity index (χ1n) is 6.65. The van der Waals surface area contributed by atoms with Gasteiger partial charge in [-0.1, -0.05) is 13.8 Å². The SMILES string of the molecule is C[C@H]1CCCN(C[C@@H]2OCC[C@H](F)[C@@H]2C)C1. The van der Waals surface area contributed by atoms with Gasteiger partial charge in [-0.15, -0.1) is 0 Å². The van der Waals surface area contributed by atoms with E-state index in [1.165, 1.54) is 12.8 Å². The molecule has 2 nitrogen and oxygen atoms in total. The van der Waals surface area contributed by atoms with Gasteiger partial charge in [0.05, 0.1) is 6.10 Å². The van der Waals surface area contributed by atoms with Gasteiger partial charge in [-0.05, 0) is 25.3 Å². The fraction of sp³-hybridized carbons (Fsp3) is 1.00. The van der Waals surface area contributed by atoms with Crippen molar-refractivity contribution in [2.24, 2.45) is 11.8 Å². The zero-order valence-corrected chi connectivity index (χ0v) is 10.5. The van der Waals surface area contributed by atoms with E-state index in [2.05, 4.69) is 11.8 Å². The van der Waals surface area contributed by atoms with Crippen LogP contribution < -0.4 is 0 Å². The van der Waals surface area contributed by atoms with Crippen LogP contribution in [0.4, 0.5) is 4.39 Å². The molecular weight excluding hydrogens is 205 g/mol. The molecule has 0 unspecified atom stereocenters. The molecule has 2 saturated heterocycles. The second-order valence-electron chi connectivity index (χ2n) is 5.58. The molecule has 0 spiro atoms.